The van der Waals surface area contributed by atoms with E-state index in [4.69, 9.17) is 5.10 Å². The molecule has 4 heteroatoms. The smallest absolute Gasteiger partial charge is 0.101 e. The lowest BCUT2D eigenvalue weighted by Gasteiger charge is -2.30. The van der Waals surface area contributed by atoms with Crippen molar-refractivity contribution in [3.05, 3.63) is 229 Å². The van der Waals surface area contributed by atoms with Crippen LogP contribution >= 0.6 is 0 Å². The average molecular weight is 765 g/mol. The van der Waals surface area contributed by atoms with Gasteiger partial charge >= 0.3 is 0 Å². The zero-order valence-electron chi connectivity index (χ0n) is 32.5. The third-order valence-electron chi connectivity index (χ3n) is 13.1. The summed E-state index contributed by atoms with van der Waals surface area (Å²) in [5, 5.41) is 14.3. The van der Waals surface area contributed by atoms with Crippen LogP contribution in [0.1, 0.15) is 22.3 Å². The van der Waals surface area contributed by atoms with Gasteiger partial charge in [-0.3, -0.25) is 5.10 Å². The molecule has 0 saturated carbocycles. The molecule has 14 rings (SSSR count). The van der Waals surface area contributed by atoms with E-state index in [0.717, 1.165) is 16.6 Å². The number of aromatic amines is 2. The second-order valence-corrected chi connectivity index (χ2v) is 16.0. The standard InChI is InChI=1S/C32H20N2.C24H16N2/c1-5-15-25-20(10-1)21-11-2-6-16-26(21)32(25)27-17-7-3-12-22(27)30-24(14-9-18-28(30)32)31-23-13-4-8-19-29(23)33-34-31;1-2-8-16(9-3-1)26-22-13-7-5-11-18(22)20-15-14-19-17-10-4-6-12-21(17)25-23(19)24(20)26/h1-19H,(H,33,34);1-15,25H. The molecule has 4 nitrogen and oxygen atoms in total. The van der Waals surface area contributed by atoms with Crippen molar-refractivity contribution in [1.82, 2.24) is 19.7 Å². The summed E-state index contributed by atoms with van der Waals surface area (Å²) in [5.74, 6) is 0. The van der Waals surface area contributed by atoms with E-state index in [-0.39, 0.29) is 5.41 Å². The molecule has 1 spiro atoms. The third-order valence-corrected chi connectivity index (χ3v) is 13.1. The van der Waals surface area contributed by atoms with E-state index in [1.165, 1.54) is 99.4 Å². The summed E-state index contributed by atoms with van der Waals surface area (Å²) in [7, 11) is 0. The Morgan fingerprint density at radius 1 is 0.383 bits per heavy atom. The summed E-state index contributed by atoms with van der Waals surface area (Å²) < 4.78 is 2.38. The fourth-order valence-corrected chi connectivity index (χ4v) is 10.7. The minimum absolute atomic E-state index is 0.318. The fourth-order valence-electron chi connectivity index (χ4n) is 10.7. The number of aromatic nitrogens is 4. The molecule has 0 unspecified atom stereocenters. The number of para-hydroxylation sites is 4. The first kappa shape index (κ1) is 33.1. The van der Waals surface area contributed by atoms with Gasteiger partial charge in [-0.1, -0.05) is 176 Å². The van der Waals surface area contributed by atoms with Gasteiger partial charge in [0.05, 0.1) is 27.5 Å². The second-order valence-electron chi connectivity index (χ2n) is 16.0. The van der Waals surface area contributed by atoms with E-state index >= 15 is 0 Å². The van der Waals surface area contributed by atoms with Crippen molar-refractivity contribution in [3.8, 4) is 39.2 Å². The van der Waals surface area contributed by atoms with Gasteiger partial charge in [-0.05, 0) is 74.8 Å². The van der Waals surface area contributed by atoms with Crippen molar-refractivity contribution in [1.29, 1.82) is 0 Å². The SMILES string of the molecule is c1ccc(-n2c3ccccc3c3ccc4c5ccccc5[nH]c4c32)cc1.c1ccc2c(c1)-c1ccccc1C21c2ccccc2-c2c(-c3n[nH]c4ccccc34)cccc21. The number of H-pyrrole nitrogens is 2. The van der Waals surface area contributed by atoms with E-state index in [9.17, 15) is 0 Å². The van der Waals surface area contributed by atoms with Crippen LogP contribution in [0.25, 0.3) is 93.7 Å². The molecule has 0 bridgehead atoms. The van der Waals surface area contributed by atoms with Crippen LogP contribution < -0.4 is 0 Å². The molecule has 0 fully saturated rings. The molecular weight excluding hydrogens is 729 g/mol. The van der Waals surface area contributed by atoms with Crippen molar-refractivity contribution in [2.24, 2.45) is 0 Å². The van der Waals surface area contributed by atoms with E-state index in [1.54, 1.807) is 0 Å². The fraction of sp³-hybridized carbons (Fsp3) is 0.0179. The van der Waals surface area contributed by atoms with E-state index in [0.29, 0.717) is 0 Å². The van der Waals surface area contributed by atoms with Gasteiger partial charge in [-0.2, -0.15) is 5.10 Å². The van der Waals surface area contributed by atoms with Crippen LogP contribution in [0.15, 0.2) is 206 Å². The van der Waals surface area contributed by atoms with Crippen molar-refractivity contribution in [2.75, 3.05) is 0 Å². The van der Waals surface area contributed by atoms with Crippen LogP contribution in [0.3, 0.4) is 0 Å². The predicted octanol–water partition coefficient (Wildman–Crippen LogP) is 14.0. The Morgan fingerprint density at radius 3 is 1.70 bits per heavy atom. The monoisotopic (exact) mass is 764 g/mol. The quantitative estimate of drug-likeness (QED) is 0.181. The normalized spacial score (nSPS) is 13.1. The summed E-state index contributed by atoms with van der Waals surface area (Å²) in [6, 6.07) is 74.2. The van der Waals surface area contributed by atoms with Gasteiger partial charge in [0.2, 0.25) is 0 Å². The Bertz CT molecular complexity index is 3630. The molecule has 0 amide bonds. The highest BCUT2D eigenvalue weighted by Crippen LogP contribution is 2.64. The van der Waals surface area contributed by atoms with Gasteiger partial charge in [-0.15, -0.1) is 0 Å². The van der Waals surface area contributed by atoms with Gasteiger partial charge in [0.25, 0.3) is 0 Å². The van der Waals surface area contributed by atoms with Crippen LogP contribution in [0.5, 0.6) is 0 Å². The average Bonchev–Trinajstić information content (AvgIpc) is 4.13. The lowest BCUT2D eigenvalue weighted by Crippen LogP contribution is -2.25. The van der Waals surface area contributed by atoms with E-state index in [1.807, 2.05) is 0 Å². The molecule has 0 radical (unpaired) electrons. The zero-order valence-corrected chi connectivity index (χ0v) is 32.5. The Morgan fingerprint density at radius 2 is 0.933 bits per heavy atom. The number of rotatable bonds is 2. The summed E-state index contributed by atoms with van der Waals surface area (Å²) in [6.07, 6.45) is 0. The van der Waals surface area contributed by atoms with Crippen molar-refractivity contribution in [3.63, 3.8) is 0 Å². The minimum Gasteiger partial charge on any atom is -0.353 e. The number of hydrogen-bond acceptors (Lipinski definition) is 1. The Kier molecular flexibility index (Phi) is 6.90. The number of hydrogen-bond donors (Lipinski definition) is 2. The number of nitrogens with zero attached hydrogens (tertiary/aromatic N) is 2. The van der Waals surface area contributed by atoms with Crippen molar-refractivity contribution >= 4 is 54.5 Å². The van der Waals surface area contributed by atoms with Gasteiger partial charge in [0, 0.05) is 43.7 Å². The predicted molar refractivity (Wildman–Crippen MR) is 248 cm³/mol. The van der Waals surface area contributed by atoms with Gasteiger partial charge < -0.3 is 9.55 Å². The summed E-state index contributed by atoms with van der Waals surface area (Å²) >= 11 is 0. The Balaban J connectivity index is 0.000000128. The summed E-state index contributed by atoms with van der Waals surface area (Å²) in [6.45, 7) is 0. The molecule has 9 aromatic carbocycles. The molecule has 3 aromatic heterocycles. The molecule has 0 saturated heterocycles. The maximum absolute atomic E-state index is 4.79. The number of fused-ring (bicyclic) bond motifs is 18. The first-order valence-corrected chi connectivity index (χ1v) is 20.6. The highest BCUT2D eigenvalue weighted by atomic mass is 15.1. The van der Waals surface area contributed by atoms with Crippen LogP contribution in [-0.4, -0.2) is 19.7 Å². The molecule has 280 valence electrons. The maximum atomic E-state index is 4.79. The lowest BCUT2D eigenvalue weighted by molar-refractivity contribution is 0.794. The summed E-state index contributed by atoms with van der Waals surface area (Å²) in [5.41, 5.74) is 19.7. The van der Waals surface area contributed by atoms with Crippen LogP contribution in [0.2, 0.25) is 0 Å². The molecular formula is C56H36N4. The Labute approximate surface area is 346 Å². The van der Waals surface area contributed by atoms with Crippen LogP contribution in [0.4, 0.5) is 0 Å². The molecule has 0 aliphatic heterocycles. The van der Waals surface area contributed by atoms with Crippen LogP contribution in [-0.2, 0) is 5.41 Å². The highest BCUT2D eigenvalue weighted by Gasteiger charge is 2.52. The van der Waals surface area contributed by atoms with E-state index in [2.05, 4.69) is 221 Å². The second kappa shape index (κ2) is 12.5. The zero-order chi connectivity index (χ0) is 39.4. The van der Waals surface area contributed by atoms with Crippen LogP contribution in [0, 0.1) is 0 Å². The molecule has 12 aromatic rings. The molecule has 2 N–H and O–H groups in total. The largest absolute Gasteiger partial charge is 0.353 e. The third kappa shape index (κ3) is 4.37. The number of benzene rings is 9. The highest BCUT2D eigenvalue weighted by molar-refractivity contribution is 6.22. The van der Waals surface area contributed by atoms with Gasteiger partial charge in [-0.25, -0.2) is 0 Å². The molecule has 2 aliphatic rings. The minimum atomic E-state index is -0.318. The maximum Gasteiger partial charge on any atom is 0.101 e. The Hall–Kier alpha value is -7.95. The van der Waals surface area contributed by atoms with E-state index < -0.39 is 0 Å². The summed E-state index contributed by atoms with van der Waals surface area (Å²) in [4.78, 5) is 3.67. The first-order chi connectivity index (χ1) is 29.8. The topological polar surface area (TPSA) is 49.4 Å². The van der Waals surface area contributed by atoms with Crippen molar-refractivity contribution < 1.29 is 0 Å². The number of nitrogens with one attached hydrogen (secondary N) is 2. The molecule has 0 atom stereocenters. The molecule has 3 heterocycles. The van der Waals surface area contributed by atoms with Gasteiger partial charge in [0.1, 0.15) is 5.69 Å². The van der Waals surface area contributed by atoms with Crippen molar-refractivity contribution in [2.45, 2.75) is 5.41 Å². The van der Waals surface area contributed by atoms with Gasteiger partial charge in [0.15, 0.2) is 0 Å². The lowest BCUT2D eigenvalue weighted by atomic mass is 9.70. The molecule has 2 aliphatic carbocycles. The first-order valence-electron chi connectivity index (χ1n) is 20.6. The molecule has 60 heavy (non-hydrogen) atoms.